The lowest BCUT2D eigenvalue weighted by molar-refractivity contribution is -0.149. The van der Waals surface area contributed by atoms with Crippen LogP contribution in [0.2, 0.25) is 0 Å². The molecular formula is C49H66N12O9. The number of benzene rings is 3. The van der Waals surface area contributed by atoms with Crippen LogP contribution in [0.3, 0.4) is 0 Å². The van der Waals surface area contributed by atoms with E-state index in [1.165, 1.54) is 11.8 Å². The van der Waals surface area contributed by atoms with Crippen molar-refractivity contribution in [1.29, 1.82) is 5.41 Å². The van der Waals surface area contributed by atoms with Crippen LogP contribution >= 0.6 is 0 Å². The van der Waals surface area contributed by atoms with Gasteiger partial charge in [-0.25, -0.2) is 4.79 Å². The number of carboxylic acids is 1. The molecule has 2 fully saturated rings. The molecule has 0 radical (unpaired) electrons. The molecule has 2 heterocycles. The molecule has 2 saturated heterocycles. The minimum atomic E-state index is -1.41. The highest BCUT2D eigenvalue weighted by Gasteiger charge is 2.39. The summed E-state index contributed by atoms with van der Waals surface area (Å²) in [5.41, 5.74) is 13.5. The van der Waals surface area contributed by atoms with E-state index in [1.54, 1.807) is 91.0 Å². The summed E-state index contributed by atoms with van der Waals surface area (Å²) >= 11 is 0. The van der Waals surface area contributed by atoms with Gasteiger partial charge in [-0.1, -0.05) is 91.0 Å². The molecule has 0 aromatic heterocycles. The second-order valence-corrected chi connectivity index (χ2v) is 17.5. The Morgan fingerprint density at radius 3 is 1.63 bits per heavy atom. The lowest BCUT2D eigenvalue weighted by Gasteiger charge is -2.29. The first-order valence-electron chi connectivity index (χ1n) is 23.6. The lowest BCUT2D eigenvalue weighted by atomic mass is 10.0. The zero-order valence-electron chi connectivity index (χ0n) is 39.3. The van der Waals surface area contributed by atoms with Gasteiger partial charge in [0.2, 0.25) is 41.4 Å². The van der Waals surface area contributed by atoms with Crippen LogP contribution < -0.4 is 54.0 Å². The Hall–Kier alpha value is -7.39. The van der Waals surface area contributed by atoms with Gasteiger partial charge in [-0.2, -0.15) is 0 Å². The smallest absolute Gasteiger partial charge is 0.326 e. The summed E-state index contributed by atoms with van der Waals surface area (Å²) in [5, 5.41) is 39.3. The van der Waals surface area contributed by atoms with Crippen molar-refractivity contribution >= 4 is 53.3 Å². The van der Waals surface area contributed by atoms with Crippen LogP contribution in [0.25, 0.3) is 0 Å². The molecular weight excluding hydrogens is 901 g/mol. The van der Waals surface area contributed by atoms with Crippen LogP contribution in [-0.4, -0.2) is 138 Å². The van der Waals surface area contributed by atoms with Crippen LogP contribution in [-0.2, 0) is 57.6 Å². The van der Waals surface area contributed by atoms with Gasteiger partial charge in [0.15, 0.2) is 5.96 Å². The first-order chi connectivity index (χ1) is 33.6. The van der Waals surface area contributed by atoms with E-state index < -0.39 is 96.3 Å². The summed E-state index contributed by atoms with van der Waals surface area (Å²) in [7, 11) is 0. The predicted octanol–water partition coefficient (Wildman–Crippen LogP) is -1.31. The quantitative estimate of drug-likeness (QED) is 0.0267. The zero-order valence-corrected chi connectivity index (χ0v) is 39.3. The normalized spacial score (nSPS) is 17.8. The molecule has 0 unspecified atom stereocenters. The number of aliphatic carboxylic acids is 1. The molecule has 0 saturated carbocycles. The monoisotopic (exact) mass is 967 g/mol. The number of amides is 7. The van der Waals surface area contributed by atoms with Crippen LogP contribution in [0.15, 0.2) is 91.0 Å². The maximum Gasteiger partial charge on any atom is 0.326 e. The highest BCUT2D eigenvalue weighted by molar-refractivity contribution is 5.98. The molecule has 0 spiro atoms. The van der Waals surface area contributed by atoms with Crippen molar-refractivity contribution in [3.63, 3.8) is 0 Å². The number of nitrogens with two attached hydrogens (primary N) is 2. The molecule has 70 heavy (non-hydrogen) atoms. The Labute approximate surface area is 406 Å². The maximum absolute atomic E-state index is 14.4. The maximum atomic E-state index is 14.4. The van der Waals surface area contributed by atoms with Crippen LogP contribution in [0.4, 0.5) is 0 Å². The molecule has 8 atom stereocenters. The molecule has 0 bridgehead atoms. The Bertz CT molecular complexity index is 2270. The van der Waals surface area contributed by atoms with Gasteiger partial charge in [0.25, 0.3) is 0 Å². The van der Waals surface area contributed by atoms with E-state index in [2.05, 4.69) is 42.5 Å². The molecule has 14 N–H and O–H groups in total. The van der Waals surface area contributed by atoms with Gasteiger partial charge in [-0.15, -0.1) is 0 Å². The van der Waals surface area contributed by atoms with Gasteiger partial charge < -0.3 is 64.0 Å². The number of hydrogen-bond acceptors (Lipinski definition) is 11. The van der Waals surface area contributed by atoms with Gasteiger partial charge in [0, 0.05) is 38.9 Å². The number of guanidine groups is 1. The molecule has 2 aliphatic heterocycles. The van der Waals surface area contributed by atoms with E-state index >= 15 is 0 Å². The van der Waals surface area contributed by atoms with Gasteiger partial charge in [-0.3, -0.25) is 39.0 Å². The first kappa shape index (κ1) is 53.6. The van der Waals surface area contributed by atoms with E-state index in [9.17, 15) is 43.5 Å². The van der Waals surface area contributed by atoms with Gasteiger partial charge >= 0.3 is 5.97 Å². The van der Waals surface area contributed by atoms with Crippen molar-refractivity contribution in [2.75, 3.05) is 26.2 Å². The number of hydrogen-bond donors (Lipinski definition) is 12. The molecule has 7 amide bonds. The molecule has 3 aromatic carbocycles. The number of likely N-dealkylation sites (tertiary alicyclic amines) is 1. The molecule has 21 heteroatoms. The largest absolute Gasteiger partial charge is 0.480 e. The Morgan fingerprint density at radius 1 is 0.657 bits per heavy atom. The average molecular weight is 967 g/mol. The van der Waals surface area contributed by atoms with Crippen molar-refractivity contribution in [2.24, 2.45) is 11.5 Å². The van der Waals surface area contributed by atoms with Crippen LogP contribution in [0.1, 0.15) is 62.1 Å². The van der Waals surface area contributed by atoms with Crippen molar-refractivity contribution in [2.45, 2.75) is 113 Å². The minimum absolute atomic E-state index is 0.00140. The number of rotatable bonds is 25. The van der Waals surface area contributed by atoms with Crippen molar-refractivity contribution < 1.29 is 43.5 Å². The lowest BCUT2D eigenvalue weighted by Crippen LogP contribution is -2.61. The number of nitrogens with zero attached hydrogens (tertiary/aromatic N) is 1. The highest BCUT2D eigenvalue weighted by Crippen LogP contribution is 2.20. The fourth-order valence-electron chi connectivity index (χ4n) is 8.36. The second-order valence-electron chi connectivity index (χ2n) is 17.5. The fourth-order valence-corrected chi connectivity index (χ4v) is 8.36. The highest BCUT2D eigenvalue weighted by atomic mass is 16.4. The summed E-state index contributed by atoms with van der Waals surface area (Å²) in [6.45, 7) is 2.07. The van der Waals surface area contributed by atoms with Gasteiger partial charge in [-0.05, 0) is 68.7 Å². The summed E-state index contributed by atoms with van der Waals surface area (Å²) < 4.78 is 0. The molecule has 0 aliphatic carbocycles. The van der Waals surface area contributed by atoms with Crippen LogP contribution in [0.5, 0.6) is 0 Å². The molecule has 5 rings (SSSR count). The van der Waals surface area contributed by atoms with Crippen molar-refractivity contribution in [3.05, 3.63) is 108 Å². The Kier molecular flexibility index (Phi) is 20.6. The number of nitrogens with one attached hydrogen (secondary N) is 9. The van der Waals surface area contributed by atoms with E-state index in [0.717, 1.165) is 6.42 Å². The molecule has 3 aromatic rings. The van der Waals surface area contributed by atoms with E-state index in [4.69, 9.17) is 16.9 Å². The van der Waals surface area contributed by atoms with Crippen molar-refractivity contribution in [3.8, 4) is 0 Å². The summed E-state index contributed by atoms with van der Waals surface area (Å²) in [6, 6.07) is 17.5. The van der Waals surface area contributed by atoms with E-state index in [1.807, 2.05) is 0 Å². The Morgan fingerprint density at radius 2 is 1.14 bits per heavy atom. The van der Waals surface area contributed by atoms with Gasteiger partial charge in [0.1, 0.15) is 42.3 Å². The molecule has 21 nitrogen and oxygen atoms in total. The molecule has 376 valence electrons. The fraction of sp³-hybridized carbons (Fsp3) is 0.449. The topological polar surface area (TPSA) is 332 Å². The Balaban J connectivity index is 1.30. The minimum Gasteiger partial charge on any atom is -0.480 e. The average Bonchev–Trinajstić information content (AvgIpc) is 4.08. The second kappa shape index (κ2) is 27.0. The number of carbonyl (C=O) groups excluding carboxylic acids is 7. The van der Waals surface area contributed by atoms with Gasteiger partial charge in [0.05, 0.1) is 6.04 Å². The third kappa shape index (κ3) is 16.4. The summed E-state index contributed by atoms with van der Waals surface area (Å²) in [5.74, 6) is -6.12. The zero-order chi connectivity index (χ0) is 50.6. The number of carbonyl (C=O) groups is 8. The molecule has 2 aliphatic rings. The van der Waals surface area contributed by atoms with Crippen molar-refractivity contribution in [1.82, 2.24) is 47.4 Å². The third-order valence-corrected chi connectivity index (χ3v) is 12.2. The van der Waals surface area contributed by atoms with E-state index in [0.29, 0.717) is 42.5 Å². The first-order valence-corrected chi connectivity index (χ1v) is 23.6. The summed E-state index contributed by atoms with van der Waals surface area (Å²) in [6.07, 6.45) is 2.62. The van der Waals surface area contributed by atoms with E-state index in [-0.39, 0.29) is 57.1 Å². The third-order valence-electron chi connectivity index (χ3n) is 12.2. The number of carboxylic acid groups (broad SMARTS) is 1. The summed E-state index contributed by atoms with van der Waals surface area (Å²) in [4.78, 5) is 110. The SMILES string of the molecule is C[C@H](NC(=O)[C@H](CN)NC(=O)[C@@H](Cc1ccccc1)NC(=O)[C@H](Cc1ccccc1)NC(=O)[C@@H](CCCNC(=N)N)NC(=O)[C@@H]1CCCN1)C(=O)N[C@@H](Cc1ccccc1)C(=O)N1CCC[C@@H]1C(=O)O. The van der Waals surface area contributed by atoms with Crippen LogP contribution in [0, 0.1) is 5.41 Å². The standard InChI is InChI=1S/C49H66N12O9/c1-30(41(62)59-38(28-33-18-9-4-10-19-33)47(68)61-25-13-22-40(61)48(69)70)55-46(67)39(29-50)60-45(66)37(27-32-16-7-3-8-17-32)58-44(65)36(26-31-14-5-2-6-15-31)57-43(64)35(21-12-24-54-49(51)52)56-42(63)34-20-11-23-53-34/h2-10,14-19,30,34-40,53H,11-13,20-29,50H2,1H3,(H,55,67)(H,56,63)(H,57,64)(H,58,65)(H,59,62)(H,60,66)(H,69,70)(H4,51,52,54)/t30-,34-,35+,36-,37+,38-,39-,40+/m0/s1. The predicted molar refractivity (Wildman–Crippen MR) is 259 cm³/mol.